The van der Waals surface area contributed by atoms with Gasteiger partial charge in [-0.1, -0.05) is 0 Å². The van der Waals surface area contributed by atoms with E-state index in [9.17, 15) is 9.59 Å². The number of aromatic nitrogens is 1. The van der Waals surface area contributed by atoms with Crippen molar-refractivity contribution < 1.29 is 9.59 Å². The third-order valence-corrected chi connectivity index (χ3v) is 5.80. The van der Waals surface area contributed by atoms with E-state index in [4.69, 9.17) is 0 Å². The zero-order valence-corrected chi connectivity index (χ0v) is 15.6. The first-order valence-electron chi connectivity index (χ1n) is 8.95. The second kappa shape index (κ2) is 7.07. The van der Waals surface area contributed by atoms with Crippen LogP contribution in [0, 0.1) is 6.92 Å². The van der Waals surface area contributed by atoms with Crippen LogP contribution in [0.3, 0.4) is 0 Å². The van der Waals surface area contributed by atoms with E-state index in [1.807, 2.05) is 23.3 Å². The molecule has 2 aliphatic heterocycles. The van der Waals surface area contributed by atoms with E-state index in [-0.39, 0.29) is 11.8 Å². The number of aryl methyl sites for hydroxylation is 2. The molecule has 2 aliphatic rings. The number of carbonyl (C=O) groups excluding carboxylic acids is 2. The highest BCUT2D eigenvalue weighted by Gasteiger charge is 2.23. The van der Waals surface area contributed by atoms with E-state index in [2.05, 4.69) is 27.3 Å². The van der Waals surface area contributed by atoms with Gasteiger partial charge in [0.15, 0.2) is 0 Å². The van der Waals surface area contributed by atoms with Crippen LogP contribution in [0.25, 0.3) is 0 Å². The minimum absolute atomic E-state index is 0.0904. The summed E-state index contributed by atoms with van der Waals surface area (Å²) in [5.74, 6) is 0.246. The molecule has 1 saturated heterocycles. The molecule has 1 aromatic heterocycles. The number of amides is 2. The Labute approximate surface area is 156 Å². The lowest BCUT2D eigenvalue weighted by Gasteiger charge is -2.36. The summed E-state index contributed by atoms with van der Waals surface area (Å²) in [5.41, 5.74) is 4.16. The van der Waals surface area contributed by atoms with Crippen molar-refractivity contribution in [3.63, 3.8) is 0 Å². The van der Waals surface area contributed by atoms with Crippen molar-refractivity contribution in [2.75, 3.05) is 36.4 Å². The molecule has 1 aromatic carbocycles. The second-order valence-corrected chi connectivity index (χ2v) is 7.85. The van der Waals surface area contributed by atoms with Gasteiger partial charge in [-0.25, -0.2) is 4.98 Å². The average Bonchev–Trinajstić information content (AvgIpc) is 3.06. The van der Waals surface area contributed by atoms with Crippen LogP contribution in [0.15, 0.2) is 23.6 Å². The van der Waals surface area contributed by atoms with Crippen molar-refractivity contribution in [2.45, 2.75) is 26.2 Å². The number of thiazole rings is 1. The van der Waals surface area contributed by atoms with Gasteiger partial charge in [0.25, 0.3) is 0 Å². The molecule has 0 bridgehead atoms. The van der Waals surface area contributed by atoms with Gasteiger partial charge < -0.3 is 15.1 Å². The summed E-state index contributed by atoms with van der Waals surface area (Å²) in [4.78, 5) is 32.6. The highest BCUT2D eigenvalue weighted by molar-refractivity contribution is 7.09. The molecule has 0 radical (unpaired) electrons. The highest BCUT2D eigenvalue weighted by atomic mass is 32.1. The Morgan fingerprint density at radius 1 is 1.23 bits per heavy atom. The molecular weight excluding hydrogens is 348 g/mol. The Balaban J connectivity index is 1.36. The molecule has 136 valence electrons. The van der Waals surface area contributed by atoms with E-state index < -0.39 is 0 Å². The van der Waals surface area contributed by atoms with E-state index in [1.54, 1.807) is 11.3 Å². The third-order valence-electron chi connectivity index (χ3n) is 4.98. The monoisotopic (exact) mass is 370 g/mol. The normalized spacial score (nSPS) is 17.0. The smallest absolute Gasteiger partial charge is 0.228 e. The summed E-state index contributed by atoms with van der Waals surface area (Å²) >= 11 is 1.59. The fourth-order valence-electron chi connectivity index (χ4n) is 3.54. The summed E-state index contributed by atoms with van der Waals surface area (Å²) in [5, 5.41) is 5.89. The predicted molar refractivity (Wildman–Crippen MR) is 103 cm³/mol. The Morgan fingerprint density at radius 3 is 2.77 bits per heavy atom. The molecule has 2 aromatic rings. The Hall–Kier alpha value is -2.41. The lowest BCUT2D eigenvalue weighted by Crippen LogP contribution is -2.49. The zero-order valence-electron chi connectivity index (χ0n) is 14.8. The SMILES string of the molecule is Cc1nc(CC(=O)N2CCN(c3ccc4c(c3)CCC(=O)N4)CC2)cs1. The highest BCUT2D eigenvalue weighted by Crippen LogP contribution is 2.28. The molecular formula is C19H22N4O2S. The van der Waals surface area contributed by atoms with Gasteiger partial charge in [0.1, 0.15) is 0 Å². The molecule has 1 N–H and O–H groups in total. The van der Waals surface area contributed by atoms with Crippen molar-refractivity contribution in [2.24, 2.45) is 0 Å². The summed E-state index contributed by atoms with van der Waals surface area (Å²) < 4.78 is 0. The summed E-state index contributed by atoms with van der Waals surface area (Å²) in [7, 11) is 0. The number of carbonyl (C=O) groups is 2. The van der Waals surface area contributed by atoms with Crippen molar-refractivity contribution in [1.29, 1.82) is 0 Å². The maximum atomic E-state index is 12.5. The van der Waals surface area contributed by atoms with Crippen LogP contribution in [0.4, 0.5) is 11.4 Å². The van der Waals surface area contributed by atoms with Gasteiger partial charge in [-0.3, -0.25) is 9.59 Å². The van der Waals surface area contributed by atoms with Crippen LogP contribution in [0.1, 0.15) is 22.7 Å². The average molecular weight is 370 g/mol. The second-order valence-electron chi connectivity index (χ2n) is 6.79. The number of hydrogen-bond acceptors (Lipinski definition) is 5. The zero-order chi connectivity index (χ0) is 18.1. The standard InChI is InChI=1S/C19H22N4O2S/c1-13-20-15(12-26-13)11-19(25)23-8-6-22(7-9-23)16-3-4-17-14(10-16)2-5-18(24)21-17/h3-4,10,12H,2,5-9,11H2,1H3,(H,21,24). The van der Waals surface area contributed by atoms with Gasteiger partial charge in [0.05, 0.1) is 17.1 Å². The van der Waals surface area contributed by atoms with Gasteiger partial charge >= 0.3 is 0 Å². The lowest BCUT2D eigenvalue weighted by molar-refractivity contribution is -0.130. The van der Waals surface area contributed by atoms with E-state index in [1.165, 1.54) is 11.3 Å². The predicted octanol–water partition coefficient (Wildman–Crippen LogP) is 2.23. The molecule has 0 spiro atoms. The lowest BCUT2D eigenvalue weighted by atomic mass is 10.0. The van der Waals surface area contributed by atoms with Crippen LogP contribution in [-0.4, -0.2) is 47.9 Å². The molecule has 2 amide bonds. The molecule has 26 heavy (non-hydrogen) atoms. The van der Waals surface area contributed by atoms with Gasteiger partial charge in [-0.05, 0) is 37.1 Å². The number of rotatable bonds is 3. The first-order valence-corrected chi connectivity index (χ1v) is 9.83. The van der Waals surface area contributed by atoms with E-state index in [0.717, 1.165) is 49.0 Å². The molecule has 0 saturated carbocycles. The van der Waals surface area contributed by atoms with Gasteiger partial charge in [0, 0.05) is 49.4 Å². The molecule has 0 aliphatic carbocycles. The number of nitrogens with zero attached hydrogens (tertiary/aromatic N) is 3. The van der Waals surface area contributed by atoms with Crippen LogP contribution < -0.4 is 10.2 Å². The molecule has 7 heteroatoms. The maximum Gasteiger partial charge on any atom is 0.228 e. The summed E-state index contributed by atoms with van der Waals surface area (Å²) in [6.45, 7) is 5.08. The van der Waals surface area contributed by atoms with E-state index >= 15 is 0 Å². The molecule has 4 rings (SSSR count). The fourth-order valence-corrected chi connectivity index (χ4v) is 4.15. The summed E-state index contributed by atoms with van der Waals surface area (Å²) in [6.07, 6.45) is 1.73. The number of nitrogens with one attached hydrogen (secondary N) is 1. The van der Waals surface area contributed by atoms with E-state index in [0.29, 0.717) is 12.8 Å². The van der Waals surface area contributed by atoms with Gasteiger partial charge in [-0.2, -0.15) is 0 Å². The van der Waals surface area contributed by atoms with Crippen LogP contribution in [0.5, 0.6) is 0 Å². The number of anilines is 2. The third kappa shape index (κ3) is 3.58. The van der Waals surface area contributed by atoms with Crippen molar-refractivity contribution in [3.8, 4) is 0 Å². The molecule has 3 heterocycles. The minimum Gasteiger partial charge on any atom is -0.368 e. The number of hydrogen-bond donors (Lipinski definition) is 1. The maximum absolute atomic E-state index is 12.5. The number of piperazine rings is 1. The molecule has 0 unspecified atom stereocenters. The largest absolute Gasteiger partial charge is 0.368 e. The van der Waals surface area contributed by atoms with Gasteiger partial charge in [0.2, 0.25) is 11.8 Å². The molecule has 6 nitrogen and oxygen atoms in total. The molecule has 0 atom stereocenters. The first kappa shape index (κ1) is 17.0. The topological polar surface area (TPSA) is 65.5 Å². The molecule has 1 fully saturated rings. The summed E-state index contributed by atoms with van der Waals surface area (Å²) in [6, 6.07) is 6.22. The van der Waals surface area contributed by atoms with Crippen molar-refractivity contribution in [1.82, 2.24) is 9.88 Å². The first-order chi connectivity index (χ1) is 12.6. The number of benzene rings is 1. The Kier molecular flexibility index (Phi) is 4.63. The van der Waals surface area contributed by atoms with Crippen LogP contribution in [0.2, 0.25) is 0 Å². The van der Waals surface area contributed by atoms with Crippen LogP contribution >= 0.6 is 11.3 Å². The Bertz CT molecular complexity index is 840. The van der Waals surface area contributed by atoms with Crippen molar-refractivity contribution in [3.05, 3.63) is 39.8 Å². The Morgan fingerprint density at radius 2 is 2.04 bits per heavy atom. The van der Waals surface area contributed by atoms with Crippen LogP contribution in [-0.2, 0) is 22.4 Å². The van der Waals surface area contributed by atoms with Crippen molar-refractivity contribution >= 4 is 34.5 Å². The quantitative estimate of drug-likeness (QED) is 0.900. The number of fused-ring (bicyclic) bond motifs is 1. The minimum atomic E-state index is 0.0904. The fraction of sp³-hybridized carbons (Fsp3) is 0.421. The van der Waals surface area contributed by atoms with Gasteiger partial charge in [-0.15, -0.1) is 11.3 Å².